The molecule has 0 atom stereocenters. The number of pyridine rings is 1. The maximum absolute atomic E-state index is 13.2. The van der Waals surface area contributed by atoms with E-state index in [1.54, 1.807) is 39.9 Å². The number of aromatic nitrogens is 4. The quantitative estimate of drug-likeness (QED) is 0.646. The second-order valence-electron chi connectivity index (χ2n) is 7.10. The van der Waals surface area contributed by atoms with Gasteiger partial charge in [0.2, 0.25) is 5.91 Å². The predicted molar refractivity (Wildman–Crippen MR) is 111 cm³/mol. The van der Waals surface area contributed by atoms with Crippen molar-refractivity contribution < 1.29 is 4.79 Å². The van der Waals surface area contributed by atoms with Gasteiger partial charge in [-0.15, -0.1) is 0 Å². The molecule has 0 aliphatic carbocycles. The molecule has 0 radical (unpaired) electrons. The summed E-state index contributed by atoms with van der Waals surface area (Å²) in [6.07, 6.45) is 5.53. The first-order chi connectivity index (χ1) is 14.1. The Morgan fingerprint density at radius 2 is 1.93 bits per heavy atom. The SMILES string of the molecule is O=C(Cn1nc2n(c1=O)CCCCC2)N(Cc1ccccn1)c1ccc(Cl)cc1. The normalized spacial score (nSPS) is 13.6. The van der Waals surface area contributed by atoms with Crippen molar-refractivity contribution in [2.24, 2.45) is 0 Å². The molecule has 4 rings (SSSR count). The minimum Gasteiger partial charge on any atom is -0.305 e. The third kappa shape index (κ3) is 4.40. The number of nitrogens with zero attached hydrogens (tertiary/aromatic N) is 5. The second kappa shape index (κ2) is 8.61. The molecule has 150 valence electrons. The van der Waals surface area contributed by atoms with E-state index in [1.165, 1.54) is 4.68 Å². The van der Waals surface area contributed by atoms with Crippen molar-refractivity contribution in [3.63, 3.8) is 0 Å². The third-order valence-electron chi connectivity index (χ3n) is 5.05. The van der Waals surface area contributed by atoms with Crippen LogP contribution in [0.1, 0.15) is 30.8 Å². The fourth-order valence-electron chi connectivity index (χ4n) is 3.54. The number of hydrogen-bond donors (Lipinski definition) is 0. The molecular weight excluding hydrogens is 390 g/mol. The van der Waals surface area contributed by atoms with Crippen LogP contribution >= 0.6 is 11.6 Å². The van der Waals surface area contributed by atoms with E-state index < -0.39 is 0 Å². The number of amides is 1. The van der Waals surface area contributed by atoms with Crippen molar-refractivity contribution in [2.45, 2.75) is 45.3 Å². The van der Waals surface area contributed by atoms with Crippen LogP contribution in [0.15, 0.2) is 53.5 Å². The highest BCUT2D eigenvalue weighted by Gasteiger charge is 2.22. The van der Waals surface area contributed by atoms with E-state index in [0.717, 1.165) is 37.2 Å². The molecule has 0 spiro atoms. The van der Waals surface area contributed by atoms with Gasteiger partial charge < -0.3 is 4.90 Å². The Balaban J connectivity index is 1.61. The summed E-state index contributed by atoms with van der Waals surface area (Å²) < 4.78 is 2.98. The van der Waals surface area contributed by atoms with Crippen LogP contribution in [0.25, 0.3) is 0 Å². The molecule has 29 heavy (non-hydrogen) atoms. The van der Waals surface area contributed by atoms with Gasteiger partial charge in [0.05, 0.1) is 12.2 Å². The Hall–Kier alpha value is -2.93. The van der Waals surface area contributed by atoms with Crippen LogP contribution < -0.4 is 10.6 Å². The smallest absolute Gasteiger partial charge is 0.305 e. The average Bonchev–Trinajstić information content (AvgIpc) is 2.89. The van der Waals surface area contributed by atoms with Crippen molar-refractivity contribution in [3.05, 3.63) is 75.7 Å². The predicted octanol–water partition coefficient (Wildman–Crippen LogP) is 3.05. The Kier molecular flexibility index (Phi) is 5.76. The number of carbonyl (C=O) groups is 1. The van der Waals surface area contributed by atoms with Gasteiger partial charge >= 0.3 is 5.69 Å². The standard InChI is InChI=1S/C21H22ClN5O2/c22-16-8-10-18(11-9-16)26(14-17-6-3-4-12-23-17)20(28)15-27-21(29)25-13-5-1-2-7-19(25)24-27/h3-4,6,8-12H,1-2,5,7,13-15H2. The summed E-state index contributed by atoms with van der Waals surface area (Å²) in [4.78, 5) is 31.8. The highest BCUT2D eigenvalue weighted by Crippen LogP contribution is 2.20. The number of anilines is 1. The Bertz CT molecular complexity index is 1040. The van der Waals surface area contributed by atoms with Crippen LogP contribution in [-0.2, 0) is 30.8 Å². The van der Waals surface area contributed by atoms with Crippen molar-refractivity contribution in [1.82, 2.24) is 19.3 Å². The van der Waals surface area contributed by atoms with E-state index in [4.69, 9.17) is 11.6 Å². The molecule has 0 unspecified atom stereocenters. The van der Waals surface area contributed by atoms with Crippen LogP contribution in [-0.4, -0.2) is 25.2 Å². The van der Waals surface area contributed by atoms with Crippen LogP contribution in [0.3, 0.4) is 0 Å². The highest BCUT2D eigenvalue weighted by atomic mass is 35.5. The van der Waals surface area contributed by atoms with Gasteiger partial charge in [0.15, 0.2) is 0 Å². The lowest BCUT2D eigenvalue weighted by molar-refractivity contribution is -0.119. The maximum Gasteiger partial charge on any atom is 0.346 e. The van der Waals surface area contributed by atoms with Crippen LogP contribution in [0, 0.1) is 0 Å². The number of fused-ring (bicyclic) bond motifs is 1. The van der Waals surface area contributed by atoms with Gasteiger partial charge in [-0.2, -0.15) is 5.10 Å². The minimum absolute atomic E-state index is 0.117. The molecule has 0 N–H and O–H groups in total. The van der Waals surface area contributed by atoms with E-state index in [-0.39, 0.29) is 18.1 Å². The molecule has 1 aromatic carbocycles. The largest absolute Gasteiger partial charge is 0.346 e. The van der Waals surface area contributed by atoms with Crippen molar-refractivity contribution in [1.29, 1.82) is 0 Å². The minimum atomic E-state index is -0.228. The molecule has 3 aromatic rings. The van der Waals surface area contributed by atoms with Gasteiger partial charge in [-0.25, -0.2) is 9.48 Å². The van der Waals surface area contributed by atoms with E-state index >= 15 is 0 Å². The van der Waals surface area contributed by atoms with Gasteiger partial charge in [-0.05, 0) is 49.2 Å². The van der Waals surface area contributed by atoms with E-state index in [0.29, 0.717) is 23.8 Å². The molecule has 1 amide bonds. The Morgan fingerprint density at radius 3 is 2.69 bits per heavy atom. The number of halogens is 1. The van der Waals surface area contributed by atoms with E-state index in [2.05, 4.69) is 10.1 Å². The first-order valence-corrected chi connectivity index (χ1v) is 10.1. The molecule has 0 fully saturated rings. The molecular formula is C21H22ClN5O2. The van der Waals surface area contributed by atoms with Crippen LogP contribution in [0.2, 0.25) is 5.02 Å². The number of rotatable bonds is 5. The van der Waals surface area contributed by atoms with Gasteiger partial charge in [0.25, 0.3) is 0 Å². The fraction of sp³-hybridized carbons (Fsp3) is 0.333. The Labute approximate surface area is 173 Å². The van der Waals surface area contributed by atoms with Crippen LogP contribution in [0.5, 0.6) is 0 Å². The molecule has 0 saturated carbocycles. The monoisotopic (exact) mass is 411 g/mol. The summed E-state index contributed by atoms with van der Waals surface area (Å²) in [6, 6.07) is 12.6. The summed E-state index contributed by atoms with van der Waals surface area (Å²) >= 11 is 6.00. The second-order valence-corrected chi connectivity index (χ2v) is 7.53. The first-order valence-electron chi connectivity index (χ1n) is 9.74. The molecule has 2 aromatic heterocycles. The van der Waals surface area contributed by atoms with Gasteiger partial charge in [-0.1, -0.05) is 24.1 Å². The fourth-order valence-corrected chi connectivity index (χ4v) is 3.67. The third-order valence-corrected chi connectivity index (χ3v) is 5.30. The molecule has 1 aliphatic heterocycles. The van der Waals surface area contributed by atoms with Gasteiger partial charge in [0.1, 0.15) is 12.4 Å². The van der Waals surface area contributed by atoms with Crippen molar-refractivity contribution in [3.8, 4) is 0 Å². The van der Waals surface area contributed by atoms with E-state index in [1.807, 2.05) is 18.2 Å². The topological polar surface area (TPSA) is 73.0 Å². The number of benzene rings is 1. The number of carbonyl (C=O) groups excluding carboxylic acids is 1. The summed E-state index contributed by atoms with van der Waals surface area (Å²) in [6.45, 7) is 0.842. The van der Waals surface area contributed by atoms with E-state index in [9.17, 15) is 9.59 Å². The summed E-state index contributed by atoms with van der Waals surface area (Å²) in [5, 5.41) is 5.02. The first kappa shape index (κ1) is 19.4. The summed E-state index contributed by atoms with van der Waals surface area (Å²) in [7, 11) is 0. The lowest BCUT2D eigenvalue weighted by Gasteiger charge is -2.22. The summed E-state index contributed by atoms with van der Waals surface area (Å²) in [5.74, 6) is 0.538. The molecule has 1 aliphatic rings. The molecule has 3 heterocycles. The highest BCUT2D eigenvalue weighted by molar-refractivity contribution is 6.30. The number of aryl methyl sites for hydroxylation is 1. The zero-order valence-electron chi connectivity index (χ0n) is 16.0. The Morgan fingerprint density at radius 1 is 1.10 bits per heavy atom. The molecule has 0 bridgehead atoms. The van der Waals surface area contributed by atoms with Crippen LogP contribution in [0.4, 0.5) is 5.69 Å². The average molecular weight is 412 g/mol. The summed E-state index contributed by atoms with van der Waals surface area (Å²) in [5.41, 5.74) is 1.23. The molecule has 7 nitrogen and oxygen atoms in total. The van der Waals surface area contributed by atoms with Gasteiger partial charge in [0, 0.05) is 29.9 Å². The van der Waals surface area contributed by atoms with Crippen molar-refractivity contribution in [2.75, 3.05) is 4.90 Å². The van der Waals surface area contributed by atoms with Crippen molar-refractivity contribution >= 4 is 23.2 Å². The zero-order valence-corrected chi connectivity index (χ0v) is 16.8. The maximum atomic E-state index is 13.2. The lowest BCUT2D eigenvalue weighted by atomic mass is 10.2. The molecule has 0 saturated heterocycles. The zero-order chi connectivity index (χ0) is 20.2. The lowest BCUT2D eigenvalue weighted by Crippen LogP contribution is -2.37. The molecule has 8 heteroatoms. The van der Waals surface area contributed by atoms with Gasteiger partial charge in [-0.3, -0.25) is 14.3 Å². The number of hydrogen-bond acceptors (Lipinski definition) is 4.